The number of hydrogen-bond donors (Lipinski definition) is 0. The van der Waals surface area contributed by atoms with E-state index in [2.05, 4.69) is 6.58 Å². The summed E-state index contributed by atoms with van der Waals surface area (Å²) in [4.78, 5) is 24.4. The summed E-state index contributed by atoms with van der Waals surface area (Å²) in [6, 6.07) is 6.80. The van der Waals surface area contributed by atoms with Crippen LogP contribution in [0.1, 0.15) is 72.2 Å². The van der Waals surface area contributed by atoms with Gasteiger partial charge in [-0.1, -0.05) is 27.4 Å². The minimum atomic E-state index is -0.978. The summed E-state index contributed by atoms with van der Waals surface area (Å²) >= 11 is 0. The van der Waals surface area contributed by atoms with Crippen LogP contribution in [0.15, 0.2) is 36.6 Å². The summed E-state index contributed by atoms with van der Waals surface area (Å²) < 4.78 is 16.3. The van der Waals surface area contributed by atoms with Crippen molar-refractivity contribution < 1.29 is 23.8 Å². The summed E-state index contributed by atoms with van der Waals surface area (Å²) in [6.45, 7) is 18.9. The van der Waals surface area contributed by atoms with Crippen molar-refractivity contribution >= 4 is 11.8 Å². The van der Waals surface area contributed by atoms with E-state index in [1.807, 2.05) is 34.6 Å². The molecule has 0 N–H and O–H groups in total. The zero-order valence-electron chi connectivity index (χ0n) is 18.7. The van der Waals surface area contributed by atoms with Crippen LogP contribution in [-0.4, -0.2) is 30.6 Å². The molecular weight excluding hydrogens is 356 g/mol. The van der Waals surface area contributed by atoms with Crippen molar-refractivity contribution in [1.29, 1.82) is 0 Å². The van der Waals surface area contributed by atoms with E-state index in [1.165, 1.54) is 0 Å². The maximum atomic E-state index is 12.5. The van der Waals surface area contributed by atoms with Crippen LogP contribution >= 0.6 is 0 Å². The molecule has 0 heterocycles. The van der Waals surface area contributed by atoms with Crippen molar-refractivity contribution in [2.75, 3.05) is 13.2 Å². The number of carbonyl (C=O) groups is 2. The van der Waals surface area contributed by atoms with Gasteiger partial charge in [-0.2, -0.15) is 0 Å². The number of esters is 1. The Balaban J connectivity index is 0.00000352. The zero-order valence-corrected chi connectivity index (χ0v) is 18.7. The monoisotopic (exact) mass is 392 g/mol. The highest BCUT2D eigenvalue weighted by atomic mass is 16.6. The molecule has 0 spiro atoms. The van der Waals surface area contributed by atoms with Gasteiger partial charge in [0.1, 0.15) is 19.0 Å². The normalized spacial score (nSPS) is 11.0. The van der Waals surface area contributed by atoms with Gasteiger partial charge in [0.05, 0.1) is 11.2 Å². The van der Waals surface area contributed by atoms with Crippen molar-refractivity contribution in [2.24, 2.45) is 5.41 Å². The molecule has 5 heteroatoms. The Morgan fingerprint density at radius 1 is 1.00 bits per heavy atom. The number of rotatable bonds is 10. The molecule has 0 atom stereocenters. The molecule has 5 nitrogen and oxygen atoms in total. The van der Waals surface area contributed by atoms with Crippen molar-refractivity contribution in [3.63, 3.8) is 0 Å². The SMILES string of the molecule is C=C(C)OC(C)(C)C(=O)c1ccc(OCCOC(=O)C(C)(C)CC)cc1.CC. The van der Waals surface area contributed by atoms with Gasteiger partial charge in [0.25, 0.3) is 0 Å². The second-order valence-corrected chi connectivity index (χ2v) is 7.39. The molecule has 0 bridgehead atoms. The molecule has 1 rings (SSSR count). The van der Waals surface area contributed by atoms with Gasteiger partial charge in [0.2, 0.25) is 5.78 Å². The third-order valence-corrected chi connectivity index (χ3v) is 4.11. The van der Waals surface area contributed by atoms with Crippen LogP contribution in [0.5, 0.6) is 5.75 Å². The minimum Gasteiger partial charge on any atom is -0.490 e. The minimum absolute atomic E-state index is 0.136. The molecule has 0 radical (unpaired) electrons. The molecule has 0 amide bonds. The lowest BCUT2D eigenvalue weighted by Crippen LogP contribution is -2.34. The van der Waals surface area contributed by atoms with Crippen LogP contribution in [0.4, 0.5) is 0 Å². The largest absolute Gasteiger partial charge is 0.490 e. The van der Waals surface area contributed by atoms with Crippen LogP contribution in [-0.2, 0) is 14.3 Å². The lowest BCUT2D eigenvalue weighted by Gasteiger charge is -2.25. The lowest BCUT2D eigenvalue weighted by atomic mass is 9.91. The Kier molecular flexibility index (Phi) is 10.6. The standard InChI is InChI=1S/C21H30O5.C2H6/c1-8-20(4,5)19(23)25-14-13-24-17-11-9-16(10-12-17)18(22)21(6,7)26-15(2)3;1-2/h9-12H,2,8,13-14H2,1,3-7H3;1-2H3. The molecule has 0 unspecified atom stereocenters. The van der Waals surface area contributed by atoms with Crippen LogP contribution in [0.25, 0.3) is 0 Å². The third-order valence-electron chi connectivity index (χ3n) is 4.11. The van der Waals surface area contributed by atoms with Gasteiger partial charge in [0, 0.05) is 5.56 Å². The van der Waals surface area contributed by atoms with E-state index >= 15 is 0 Å². The molecule has 0 aliphatic heterocycles. The summed E-state index contributed by atoms with van der Waals surface area (Å²) in [7, 11) is 0. The fourth-order valence-corrected chi connectivity index (χ4v) is 2.17. The van der Waals surface area contributed by atoms with Crippen LogP contribution in [0, 0.1) is 5.41 Å². The van der Waals surface area contributed by atoms with Crippen LogP contribution in [0.2, 0.25) is 0 Å². The van der Waals surface area contributed by atoms with E-state index in [0.29, 0.717) is 23.5 Å². The third kappa shape index (κ3) is 8.15. The Hall–Kier alpha value is -2.30. The maximum absolute atomic E-state index is 12.5. The average Bonchev–Trinajstić information content (AvgIpc) is 2.65. The molecule has 158 valence electrons. The van der Waals surface area contributed by atoms with Gasteiger partial charge < -0.3 is 14.2 Å². The van der Waals surface area contributed by atoms with E-state index in [0.717, 1.165) is 0 Å². The average molecular weight is 393 g/mol. The van der Waals surface area contributed by atoms with Gasteiger partial charge in [-0.3, -0.25) is 9.59 Å². The Morgan fingerprint density at radius 3 is 2.00 bits per heavy atom. The van der Waals surface area contributed by atoms with E-state index in [1.54, 1.807) is 45.0 Å². The molecule has 0 aliphatic rings. The van der Waals surface area contributed by atoms with E-state index in [9.17, 15) is 9.59 Å². The van der Waals surface area contributed by atoms with Crippen molar-refractivity contribution in [1.82, 2.24) is 0 Å². The van der Waals surface area contributed by atoms with Gasteiger partial charge in [-0.05, 0) is 65.3 Å². The van der Waals surface area contributed by atoms with Crippen molar-refractivity contribution in [3.05, 3.63) is 42.2 Å². The zero-order chi connectivity index (χ0) is 22.0. The van der Waals surface area contributed by atoms with Crippen LogP contribution in [0.3, 0.4) is 0 Å². The molecule has 1 aromatic carbocycles. The number of ketones is 1. The fourth-order valence-electron chi connectivity index (χ4n) is 2.17. The maximum Gasteiger partial charge on any atom is 0.311 e. The summed E-state index contributed by atoms with van der Waals surface area (Å²) in [5.41, 5.74) is -0.936. The van der Waals surface area contributed by atoms with Crippen molar-refractivity contribution in [3.8, 4) is 5.75 Å². The summed E-state index contributed by atoms with van der Waals surface area (Å²) in [5.74, 6) is 0.724. The molecule has 0 saturated carbocycles. The molecule has 1 aromatic rings. The van der Waals surface area contributed by atoms with Gasteiger partial charge in [-0.25, -0.2) is 0 Å². The quantitative estimate of drug-likeness (QED) is 0.225. The highest BCUT2D eigenvalue weighted by Gasteiger charge is 2.30. The van der Waals surface area contributed by atoms with E-state index < -0.39 is 11.0 Å². The second kappa shape index (κ2) is 11.5. The predicted molar refractivity (Wildman–Crippen MR) is 113 cm³/mol. The van der Waals surface area contributed by atoms with Gasteiger partial charge in [-0.15, -0.1) is 0 Å². The van der Waals surface area contributed by atoms with E-state index in [-0.39, 0.29) is 25.0 Å². The number of ether oxygens (including phenoxy) is 3. The number of allylic oxidation sites excluding steroid dienone is 1. The molecule has 0 saturated heterocycles. The second-order valence-electron chi connectivity index (χ2n) is 7.39. The highest BCUT2D eigenvalue weighted by molar-refractivity contribution is 6.02. The summed E-state index contributed by atoms with van der Waals surface area (Å²) in [5, 5.41) is 0. The van der Waals surface area contributed by atoms with Gasteiger partial charge in [0.15, 0.2) is 5.60 Å². The van der Waals surface area contributed by atoms with Gasteiger partial charge >= 0.3 is 5.97 Å². The molecule has 0 aromatic heterocycles. The number of Topliss-reactive ketones (excluding diaryl/α,β-unsaturated/α-hetero) is 1. The Morgan fingerprint density at radius 2 is 1.54 bits per heavy atom. The molecular formula is C23H36O5. The highest BCUT2D eigenvalue weighted by Crippen LogP contribution is 2.23. The Bertz CT molecular complexity index is 641. The topological polar surface area (TPSA) is 61.8 Å². The smallest absolute Gasteiger partial charge is 0.311 e. The lowest BCUT2D eigenvalue weighted by molar-refractivity contribution is -0.154. The first kappa shape index (κ1) is 25.7. The predicted octanol–water partition coefficient (Wildman–Crippen LogP) is 5.58. The molecule has 0 aliphatic carbocycles. The number of hydrogen-bond acceptors (Lipinski definition) is 5. The Labute approximate surface area is 170 Å². The fraction of sp³-hybridized carbons (Fsp3) is 0.565. The first-order chi connectivity index (χ1) is 13.0. The summed E-state index contributed by atoms with van der Waals surface area (Å²) in [6.07, 6.45) is 0.716. The van der Waals surface area contributed by atoms with E-state index in [4.69, 9.17) is 14.2 Å². The molecule has 28 heavy (non-hydrogen) atoms. The number of carbonyl (C=O) groups excluding carboxylic acids is 2. The first-order valence-corrected chi connectivity index (χ1v) is 9.79. The molecule has 0 fully saturated rings. The number of benzene rings is 1. The van der Waals surface area contributed by atoms with Crippen molar-refractivity contribution in [2.45, 2.75) is 67.4 Å². The first-order valence-electron chi connectivity index (χ1n) is 9.79. The van der Waals surface area contributed by atoms with Crippen LogP contribution < -0.4 is 4.74 Å².